The van der Waals surface area contributed by atoms with Crippen LogP contribution in [0.4, 0.5) is 8.78 Å². The molecule has 22 heavy (non-hydrogen) atoms. The Labute approximate surface area is 129 Å². The van der Waals surface area contributed by atoms with Gasteiger partial charge in [0, 0.05) is 29.2 Å². The fourth-order valence-corrected chi connectivity index (χ4v) is 3.11. The number of likely N-dealkylation sites (N-methyl/N-ethyl adjacent to an activating group) is 1. The van der Waals surface area contributed by atoms with Crippen LogP contribution < -0.4 is 10.6 Å². The first-order valence-electron chi connectivity index (χ1n) is 7.18. The van der Waals surface area contributed by atoms with Gasteiger partial charge in [-0.25, -0.2) is 8.78 Å². The van der Waals surface area contributed by atoms with E-state index in [1.165, 1.54) is 12.1 Å². The fraction of sp³-hybridized carbons (Fsp3) is 0.294. The molecule has 2 N–H and O–H groups in total. The van der Waals surface area contributed by atoms with Crippen molar-refractivity contribution >= 4 is 11.3 Å². The van der Waals surface area contributed by atoms with E-state index in [0.29, 0.717) is 23.4 Å². The molecule has 1 unspecified atom stereocenters. The minimum absolute atomic E-state index is 0.00432. The molecule has 116 valence electrons. The van der Waals surface area contributed by atoms with E-state index >= 15 is 0 Å². The molecular weight excluding hydrogens is 284 g/mol. The number of hydrogen-bond acceptors (Lipinski definition) is 3. The molecule has 0 fully saturated rings. The number of hydrogen-bond donors (Lipinski definition) is 2. The van der Waals surface area contributed by atoms with Gasteiger partial charge in [-0.05, 0) is 37.2 Å². The molecule has 1 aromatic carbocycles. The summed E-state index contributed by atoms with van der Waals surface area (Å²) in [4.78, 5) is 2.14. The van der Waals surface area contributed by atoms with E-state index < -0.39 is 11.6 Å². The number of allylic oxidation sites excluding steroid dienone is 1. The minimum atomic E-state index is -0.855. The molecule has 0 aromatic heterocycles. The average molecular weight is 303 g/mol. The van der Waals surface area contributed by atoms with Gasteiger partial charge in [0.25, 0.3) is 0 Å². The normalized spacial score (nSPS) is 20.5. The Morgan fingerprint density at radius 3 is 2.55 bits per heavy atom. The Morgan fingerprint density at radius 1 is 1.32 bits per heavy atom. The number of fused-ring (bicyclic) bond motifs is 2. The van der Waals surface area contributed by atoms with Gasteiger partial charge >= 0.3 is 0 Å². The molecule has 2 heterocycles. The quantitative estimate of drug-likeness (QED) is 0.879. The van der Waals surface area contributed by atoms with Crippen molar-refractivity contribution in [3.05, 3.63) is 59.4 Å². The minimum Gasteiger partial charge on any atom is -0.368 e. The lowest BCUT2D eigenvalue weighted by molar-refractivity contribution is 0.331. The zero-order valence-corrected chi connectivity index (χ0v) is 12.8. The van der Waals surface area contributed by atoms with Gasteiger partial charge in [0.2, 0.25) is 0 Å². The van der Waals surface area contributed by atoms with Crippen molar-refractivity contribution in [3.63, 3.8) is 0 Å². The molecule has 0 radical (unpaired) electrons. The molecule has 3 rings (SSSR count). The SMILES string of the molecule is C=C1NC2=C(c3cc(F)c(F)cc31)C(NC)CN(C(=C)C)C2. The molecule has 5 heteroatoms. The highest BCUT2D eigenvalue weighted by Crippen LogP contribution is 2.37. The maximum atomic E-state index is 13.7. The molecular formula is C17H19F2N3. The second-order valence-corrected chi connectivity index (χ2v) is 5.76. The topological polar surface area (TPSA) is 27.3 Å². The lowest BCUT2D eigenvalue weighted by atomic mass is 9.85. The number of benzene rings is 1. The van der Waals surface area contributed by atoms with Crippen LogP contribution in [0.25, 0.3) is 11.3 Å². The van der Waals surface area contributed by atoms with Gasteiger partial charge in [-0.2, -0.15) is 0 Å². The summed E-state index contributed by atoms with van der Waals surface area (Å²) in [6, 6.07) is 2.48. The Bertz CT molecular complexity index is 706. The van der Waals surface area contributed by atoms with Crippen molar-refractivity contribution in [2.45, 2.75) is 13.0 Å². The van der Waals surface area contributed by atoms with E-state index in [-0.39, 0.29) is 6.04 Å². The predicted octanol–water partition coefficient (Wildman–Crippen LogP) is 2.69. The summed E-state index contributed by atoms with van der Waals surface area (Å²) >= 11 is 0. The van der Waals surface area contributed by atoms with Crippen LogP contribution in [0.5, 0.6) is 0 Å². The lowest BCUT2D eigenvalue weighted by Gasteiger charge is -2.41. The first-order valence-corrected chi connectivity index (χ1v) is 7.18. The molecule has 0 spiro atoms. The molecule has 0 amide bonds. The summed E-state index contributed by atoms with van der Waals surface area (Å²) in [5.41, 5.74) is 4.81. The van der Waals surface area contributed by atoms with Gasteiger partial charge in [-0.15, -0.1) is 0 Å². The van der Waals surface area contributed by atoms with Crippen LogP contribution in [0.15, 0.2) is 36.7 Å². The van der Waals surface area contributed by atoms with E-state index in [1.54, 1.807) is 0 Å². The summed E-state index contributed by atoms with van der Waals surface area (Å²) in [7, 11) is 1.86. The number of rotatable bonds is 2. The first kappa shape index (κ1) is 14.8. The van der Waals surface area contributed by atoms with Crippen molar-refractivity contribution in [2.24, 2.45) is 0 Å². The molecule has 2 aliphatic rings. The Hall–Kier alpha value is -2.14. The summed E-state index contributed by atoms with van der Waals surface area (Å²) < 4.78 is 27.3. The molecule has 1 aromatic rings. The third-order valence-corrected chi connectivity index (χ3v) is 4.29. The second kappa shape index (κ2) is 5.25. The van der Waals surface area contributed by atoms with Crippen LogP contribution in [0.3, 0.4) is 0 Å². The van der Waals surface area contributed by atoms with Gasteiger partial charge < -0.3 is 15.5 Å². The Morgan fingerprint density at radius 2 is 1.95 bits per heavy atom. The fourth-order valence-electron chi connectivity index (χ4n) is 3.11. The van der Waals surface area contributed by atoms with Crippen LogP contribution in [-0.4, -0.2) is 31.1 Å². The van der Waals surface area contributed by atoms with Gasteiger partial charge in [0.1, 0.15) is 0 Å². The highest BCUT2D eigenvalue weighted by atomic mass is 19.2. The van der Waals surface area contributed by atoms with Gasteiger partial charge in [-0.3, -0.25) is 0 Å². The lowest BCUT2D eigenvalue weighted by Crippen LogP contribution is -2.48. The van der Waals surface area contributed by atoms with Crippen LogP contribution in [-0.2, 0) is 0 Å². The van der Waals surface area contributed by atoms with Crippen LogP contribution in [0.2, 0.25) is 0 Å². The average Bonchev–Trinajstić information content (AvgIpc) is 2.48. The summed E-state index contributed by atoms with van der Waals surface area (Å²) in [5.74, 6) is -1.69. The maximum absolute atomic E-state index is 13.7. The van der Waals surface area contributed by atoms with E-state index in [2.05, 4.69) is 28.7 Å². The third-order valence-electron chi connectivity index (χ3n) is 4.29. The molecule has 1 atom stereocenters. The molecule has 3 nitrogen and oxygen atoms in total. The number of nitrogens with one attached hydrogen (secondary N) is 2. The predicted molar refractivity (Wildman–Crippen MR) is 84.7 cm³/mol. The van der Waals surface area contributed by atoms with Crippen LogP contribution in [0.1, 0.15) is 18.1 Å². The Kier molecular flexibility index (Phi) is 3.53. The smallest absolute Gasteiger partial charge is 0.159 e. The van der Waals surface area contributed by atoms with E-state index in [1.807, 2.05) is 14.0 Å². The maximum Gasteiger partial charge on any atom is 0.159 e. The zero-order valence-electron chi connectivity index (χ0n) is 12.8. The highest BCUT2D eigenvalue weighted by Gasteiger charge is 2.33. The molecule has 0 saturated carbocycles. The van der Waals surface area contributed by atoms with Crippen molar-refractivity contribution in [2.75, 3.05) is 20.1 Å². The van der Waals surface area contributed by atoms with Gasteiger partial charge in [0.05, 0.1) is 12.6 Å². The second-order valence-electron chi connectivity index (χ2n) is 5.76. The van der Waals surface area contributed by atoms with Gasteiger partial charge in [0.15, 0.2) is 11.6 Å². The largest absolute Gasteiger partial charge is 0.368 e. The van der Waals surface area contributed by atoms with E-state index in [9.17, 15) is 8.78 Å². The van der Waals surface area contributed by atoms with Crippen molar-refractivity contribution in [1.29, 1.82) is 0 Å². The third kappa shape index (κ3) is 2.22. The number of nitrogens with zero attached hydrogens (tertiary/aromatic N) is 1. The first-order chi connectivity index (χ1) is 10.4. The van der Waals surface area contributed by atoms with Crippen molar-refractivity contribution in [3.8, 4) is 0 Å². The molecule has 0 aliphatic carbocycles. The van der Waals surface area contributed by atoms with Crippen molar-refractivity contribution in [1.82, 2.24) is 15.5 Å². The monoisotopic (exact) mass is 303 g/mol. The van der Waals surface area contributed by atoms with Gasteiger partial charge in [-0.1, -0.05) is 13.2 Å². The Balaban J connectivity index is 2.17. The summed E-state index contributed by atoms with van der Waals surface area (Å²) in [6.45, 7) is 11.3. The zero-order chi connectivity index (χ0) is 16.0. The molecule has 0 bridgehead atoms. The summed E-state index contributed by atoms with van der Waals surface area (Å²) in [6.07, 6.45) is 0. The standard InChI is InChI=1S/C17H19F2N3/c1-9(2)22-7-15(20-4)17-12-6-14(19)13(18)5-11(12)10(3)21-16(17)8-22/h5-6,15,20-21H,1,3,7-8H2,2,4H3. The molecule has 2 aliphatic heterocycles. The summed E-state index contributed by atoms with van der Waals surface area (Å²) in [5, 5.41) is 6.49. The highest BCUT2D eigenvalue weighted by molar-refractivity contribution is 5.87. The molecule has 0 saturated heterocycles. The van der Waals surface area contributed by atoms with Crippen LogP contribution in [0, 0.1) is 11.6 Å². The van der Waals surface area contributed by atoms with Crippen molar-refractivity contribution < 1.29 is 8.78 Å². The van der Waals surface area contributed by atoms with Crippen LogP contribution >= 0.6 is 0 Å². The van der Waals surface area contributed by atoms with E-state index in [0.717, 1.165) is 23.5 Å². The number of halogens is 2. The van der Waals surface area contributed by atoms with E-state index in [4.69, 9.17) is 0 Å².